The van der Waals surface area contributed by atoms with E-state index in [2.05, 4.69) is 43.5 Å². The molecule has 1 fully saturated rings. The highest BCUT2D eigenvalue weighted by atomic mass is 16.7. The number of rotatable bonds is 49. The number of amides is 1. The van der Waals surface area contributed by atoms with Crippen LogP contribution >= 0.6 is 0 Å². The van der Waals surface area contributed by atoms with Crippen molar-refractivity contribution in [3.05, 3.63) is 36.5 Å². The van der Waals surface area contributed by atoms with E-state index in [0.29, 0.717) is 19.3 Å². The van der Waals surface area contributed by atoms with Crippen molar-refractivity contribution in [2.45, 2.75) is 313 Å². The van der Waals surface area contributed by atoms with E-state index in [1.54, 1.807) is 6.08 Å². The van der Waals surface area contributed by atoms with Gasteiger partial charge in [-0.15, -0.1) is 0 Å². The molecule has 1 saturated heterocycles. The molecule has 400 valence electrons. The molecule has 0 aromatic carbocycles. The van der Waals surface area contributed by atoms with E-state index in [9.17, 15) is 35.4 Å². The van der Waals surface area contributed by atoms with Gasteiger partial charge in [0.05, 0.1) is 25.4 Å². The van der Waals surface area contributed by atoms with Crippen molar-refractivity contribution in [3.63, 3.8) is 0 Å². The van der Waals surface area contributed by atoms with Crippen LogP contribution in [0.2, 0.25) is 0 Å². The van der Waals surface area contributed by atoms with Gasteiger partial charge in [-0.05, 0) is 57.8 Å². The summed E-state index contributed by atoms with van der Waals surface area (Å²) in [5.74, 6) is -0.625. The maximum Gasteiger partial charge on any atom is 0.249 e. The third-order valence-corrected chi connectivity index (χ3v) is 13.8. The minimum atomic E-state index is -1.61. The van der Waals surface area contributed by atoms with Gasteiger partial charge in [-0.3, -0.25) is 4.79 Å². The first-order valence-electron chi connectivity index (χ1n) is 28.8. The number of aliphatic hydroxyl groups is 6. The maximum absolute atomic E-state index is 13.1. The zero-order valence-electron chi connectivity index (χ0n) is 44.0. The molecule has 0 saturated carbocycles. The largest absolute Gasteiger partial charge is 0.394 e. The van der Waals surface area contributed by atoms with Crippen molar-refractivity contribution in [3.8, 4) is 0 Å². The van der Waals surface area contributed by atoms with Gasteiger partial charge in [-0.1, -0.05) is 243 Å². The lowest BCUT2D eigenvalue weighted by molar-refractivity contribution is -0.302. The van der Waals surface area contributed by atoms with E-state index in [1.165, 1.54) is 199 Å². The van der Waals surface area contributed by atoms with Crippen LogP contribution in [0.25, 0.3) is 0 Å². The summed E-state index contributed by atoms with van der Waals surface area (Å²) < 4.78 is 11.1. The topological polar surface area (TPSA) is 169 Å². The van der Waals surface area contributed by atoms with Crippen LogP contribution in [0.3, 0.4) is 0 Å². The van der Waals surface area contributed by atoms with Crippen molar-refractivity contribution in [1.29, 1.82) is 0 Å². The molecule has 8 atom stereocenters. The number of hydrogen-bond donors (Lipinski definition) is 7. The molecule has 0 radical (unpaired) electrons. The van der Waals surface area contributed by atoms with Crippen LogP contribution in [0.5, 0.6) is 0 Å². The molecular formula is C58H109NO9. The van der Waals surface area contributed by atoms with Crippen molar-refractivity contribution in [2.24, 2.45) is 0 Å². The molecule has 1 rings (SSSR count). The van der Waals surface area contributed by atoms with Crippen LogP contribution in [0.4, 0.5) is 0 Å². The van der Waals surface area contributed by atoms with Crippen LogP contribution in [-0.2, 0) is 14.3 Å². The Morgan fingerprint density at radius 2 is 0.868 bits per heavy atom. The lowest BCUT2D eigenvalue weighted by Gasteiger charge is -2.40. The van der Waals surface area contributed by atoms with E-state index >= 15 is 0 Å². The molecule has 0 aromatic rings. The van der Waals surface area contributed by atoms with Crippen LogP contribution in [0.1, 0.15) is 264 Å². The Labute approximate surface area is 417 Å². The summed E-state index contributed by atoms with van der Waals surface area (Å²) in [4.78, 5) is 13.1. The van der Waals surface area contributed by atoms with Gasteiger partial charge in [0.25, 0.3) is 0 Å². The first-order valence-corrected chi connectivity index (χ1v) is 28.8. The Morgan fingerprint density at radius 1 is 0.500 bits per heavy atom. The molecule has 0 aromatic heterocycles. The monoisotopic (exact) mass is 964 g/mol. The molecule has 1 aliphatic heterocycles. The molecule has 10 heteroatoms. The molecule has 1 amide bonds. The van der Waals surface area contributed by atoms with Gasteiger partial charge in [-0.2, -0.15) is 0 Å². The van der Waals surface area contributed by atoms with Gasteiger partial charge in [0, 0.05) is 0 Å². The molecule has 68 heavy (non-hydrogen) atoms. The number of allylic oxidation sites excluding steroid dienone is 5. The van der Waals surface area contributed by atoms with Crippen LogP contribution in [-0.4, -0.2) is 98.7 Å². The van der Waals surface area contributed by atoms with Gasteiger partial charge >= 0.3 is 0 Å². The second-order valence-corrected chi connectivity index (χ2v) is 20.2. The predicted molar refractivity (Wildman–Crippen MR) is 282 cm³/mol. The van der Waals surface area contributed by atoms with Gasteiger partial charge in [0.2, 0.25) is 5.91 Å². The minimum absolute atomic E-state index is 0.305. The zero-order chi connectivity index (χ0) is 49.6. The van der Waals surface area contributed by atoms with E-state index in [1.807, 2.05) is 6.08 Å². The fourth-order valence-corrected chi connectivity index (χ4v) is 9.12. The predicted octanol–water partition coefficient (Wildman–Crippen LogP) is 12.9. The lowest BCUT2D eigenvalue weighted by Crippen LogP contribution is -2.60. The van der Waals surface area contributed by atoms with Crippen LogP contribution in [0.15, 0.2) is 36.5 Å². The standard InChI is InChI=1S/C58H109NO9/c1-3-5-7-9-11-13-15-16-17-18-19-20-21-22-23-24-25-26-27-28-29-30-31-32-33-34-35-37-39-41-43-45-47-52(62)57(66)59-50(49-67-58-56(65)55(64)54(63)53(48-60)68-58)51(61)46-44-42-40-38-36-14-12-10-8-6-4-2/h22-23,36,38,44,46,50-56,58,60-65H,3-21,24-35,37,39-43,45,47-49H2,1-2H3,(H,59,66)/b23-22-,38-36+,46-44+. The average Bonchev–Trinajstić information content (AvgIpc) is 3.34. The minimum Gasteiger partial charge on any atom is -0.394 e. The highest BCUT2D eigenvalue weighted by molar-refractivity contribution is 5.80. The smallest absolute Gasteiger partial charge is 0.249 e. The normalized spacial score (nSPS) is 20.3. The summed E-state index contributed by atoms with van der Waals surface area (Å²) in [5.41, 5.74) is 0. The van der Waals surface area contributed by atoms with Gasteiger partial charge in [0.1, 0.15) is 30.5 Å². The molecule has 7 N–H and O–H groups in total. The summed E-state index contributed by atoms with van der Waals surface area (Å²) in [5, 5.41) is 64.8. The van der Waals surface area contributed by atoms with Crippen LogP contribution < -0.4 is 5.32 Å². The molecule has 1 heterocycles. The third kappa shape index (κ3) is 36.3. The molecule has 1 aliphatic rings. The average molecular weight is 965 g/mol. The third-order valence-electron chi connectivity index (χ3n) is 13.8. The first kappa shape index (κ1) is 64.4. The van der Waals surface area contributed by atoms with Gasteiger partial charge in [-0.25, -0.2) is 0 Å². The fraction of sp³-hybridized carbons (Fsp3) is 0.879. The number of carbonyl (C=O) groups is 1. The first-order chi connectivity index (χ1) is 33.3. The summed E-state index contributed by atoms with van der Waals surface area (Å²) in [7, 11) is 0. The van der Waals surface area contributed by atoms with Gasteiger partial charge < -0.3 is 45.4 Å². The van der Waals surface area contributed by atoms with Crippen LogP contribution in [0, 0.1) is 0 Å². The number of unbranched alkanes of at least 4 members (excludes halogenated alkanes) is 34. The molecular weight excluding hydrogens is 855 g/mol. The molecule has 10 nitrogen and oxygen atoms in total. The van der Waals surface area contributed by atoms with E-state index in [-0.39, 0.29) is 6.61 Å². The van der Waals surface area contributed by atoms with Crippen molar-refractivity contribution < 1.29 is 44.9 Å². The zero-order valence-corrected chi connectivity index (χ0v) is 44.0. The molecule has 0 aliphatic carbocycles. The molecule has 8 unspecified atom stereocenters. The summed E-state index contributed by atoms with van der Waals surface area (Å²) in [6.45, 7) is 3.58. The Balaban J connectivity index is 2.14. The van der Waals surface area contributed by atoms with Crippen molar-refractivity contribution >= 4 is 5.91 Å². The van der Waals surface area contributed by atoms with Crippen molar-refractivity contribution in [2.75, 3.05) is 13.2 Å². The number of ether oxygens (including phenoxy) is 2. The summed E-state index contributed by atoms with van der Waals surface area (Å²) >= 11 is 0. The second kappa shape index (κ2) is 47.7. The number of carbonyl (C=O) groups excluding carboxylic acids is 1. The van der Waals surface area contributed by atoms with E-state index in [4.69, 9.17) is 9.47 Å². The summed E-state index contributed by atoms with van der Waals surface area (Å²) in [6.07, 6.45) is 51.4. The maximum atomic E-state index is 13.1. The van der Waals surface area contributed by atoms with Gasteiger partial charge in [0.15, 0.2) is 6.29 Å². The number of aliphatic hydroxyl groups excluding tert-OH is 6. The quantitative estimate of drug-likeness (QED) is 0.0232. The SMILES string of the molecule is CCCCCCC/C=C/CC/C=C/C(O)C(COC1OC(CO)C(O)C(O)C1O)NC(=O)C(O)CCCCCCCCCCCCCCCCCC/C=C\CCCCCCCCCCCCCC. The van der Waals surface area contributed by atoms with Crippen molar-refractivity contribution in [1.82, 2.24) is 5.32 Å². The fourth-order valence-electron chi connectivity index (χ4n) is 9.12. The second-order valence-electron chi connectivity index (χ2n) is 20.2. The highest BCUT2D eigenvalue weighted by Crippen LogP contribution is 2.23. The highest BCUT2D eigenvalue weighted by Gasteiger charge is 2.44. The number of nitrogens with one attached hydrogen (secondary N) is 1. The van der Waals surface area contributed by atoms with E-state index < -0.39 is 61.5 Å². The Morgan fingerprint density at radius 3 is 1.28 bits per heavy atom. The number of hydrogen-bond acceptors (Lipinski definition) is 9. The lowest BCUT2D eigenvalue weighted by atomic mass is 9.99. The Hall–Kier alpha value is -1.63. The Kier molecular flexibility index (Phi) is 45.1. The molecule has 0 spiro atoms. The van der Waals surface area contributed by atoms with E-state index in [0.717, 1.165) is 32.1 Å². The summed E-state index contributed by atoms with van der Waals surface area (Å²) in [6, 6.07) is -0.995. The molecule has 0 bridgehead atoms. The Bertz CT molecular complexity index is 1180.